The van der Waals surface area contributed by atoms with Crippen molar-refractivity contribution in [2.24, 2.45) is 0 Å². The third-order valence-electron chi connectivity index (χ3n) is 1.38. The molecule has 2 rings (SSSR count). The van der Waals surface area contributed by atoms with Gasteiger partial charge in [-0.25, -0.2) is 0 Å². The van der Waals surface area contributed by atoms with E-state index >= 15 is 0 Å². The number of rotatable bonds is 2. The summed E-state index contributed by atoms with van der Waals surface area (Å²) in [6, 6.07) is -7.79. The van der Waals surface area contributed by atoms with Gasteiger partial charge in [0.1, 0.15) is 0 Å². The molecule has 0 aliphatic rings. The van der Waals surface area contributed by atoms with Crippen LogP contribution in [-0.2, 0) is 5.21 Å². The minimum absolute atomic E-state index is 0.222. The number of para-hydroxylation sites is 2. The highest BCUT2D eigenvalue weighted by atomic mass is 16.8. The van der Waals surface area contributed by atoms with Gasteiger partial charge < -0.3 is 0 Å². The van der Waals surface area contributed by atoms with Gasteiger partial charge in [-0.05, 0) is 24.2 Å². The molecule has 0 aromatic heterocycles. The number of anilines is 2. The Kier molecular flexibility index (Phi) is 0.800. The van der Waals surface area contributed by atoms with Crippen molar-refractivity contribution in [3.8, 4) is 0 Å². The summed E-state index contributed by atoms with van der Waals surface area (Å²) >= 11 is 0. The predicted molar refractivity (Wildman–Crippen MR) is 55.7 cm³/mol. The molecule has 2 nitrogen and oxygen atoms in total. The van der Waals surface area contributed by atoms with Gasteiger partial charge in [0.2, 0.25) is 0 Å². The molecule has 0 unspecified atom stereocenters. The Bertz CT molecular complexity index is 725. The Morgan fingerprint density at radius 3 is 1.50 bits per heavy atom. The second-order valence-electron chi connectivity index (χ2n) is 2.24. The number of nitrogens with zero attached hydrogens (tertiary/aromatic N) is 1. The molecule has 0 amide bonds. The Morgan fingerprint density at radius 2 is 1.14 bits per heavy atom. The summed E-state index contributed by atoms with van der Waals surface area (Å²) in [5.41, 5.74) is -1.64. The SMILES string of the molecule is [2H]c1c([2H])c([2H])c([15N]([O])c2c([2H])c([2H])c([2H])c([2H])c2[2H])c([2H])c1[2H]. The third kappa shape index (κ3) is 1.75. The van der Waals surface area contributed by atoms with Gasteiger partial charge in [-0.2, -0.15) is 5.06 Å². The third-order valence-corrected chi connectivity index (χ3v) is 1.38. The molecule has 0 saturated carbocycles. The lowest BCUT2D eigenvalue weighted by Crippen LogP contribution is -2.07. The second-order valence-corrected chi connectivity index (χ2v) is 2.24. The van der Waals surface area contributed by atoms with Crippen molar-refractivity contribution in [3.05, 3.63) is 60.4 Å². The van der Waals surface area contributed by atoms with Crippen LogP contribution in [0.2, 0.25) is 0 Å². The molecule has 1 radical (unpaired) electrons. The lowest BCUT2D eigenvalue weighted by atomic mass is 10.3. The monoisotopic (exact) mass is 195 g/mol. The van der Waals surface area contributed by atoms with Crippen LogP contribution in [-0.4, -0.2) is 0 Å². The van der Waals surface area contributed by atoms with Crippen LogP contribution in [0, 0.1) is 0 Å². The maximum Gasteiger partial charge on any atom is 0.0726 e. The topological polar surface area (TPSA) is 23.1 Å². The first kappa shape index (κ1) is 2.84. The molecule has 0 saturated heterocycles. The van der Waals surface area contributed by atoms with Crippen LogP contribution in [0.25, 0.3) is 0 Å². The van der Waals surface area contributed by atoms with Crippen molar-refractivity contribution in [2.75, 3.05) is 5.06 Å². The van der Waals surface area contributed by atoms with E-state index in [1.807, 2.05) is 0 Å². The van der Waals surface area contributed by atoms with Crippen LogP contribution in [0.5, 0.6) is 0 Å². The molecule has 0 aliphatic heterocycles. The Balaban J connectivity index is 2.84. The molecule has 0 aliphatic carbocycles. The highest BCUT2D eigenvalue weighted by Gasteiger charge is 2.04. The van der Waals surface area contributed by atoms with Gasteiger partial charge in [0, 0.05) is 0 Å². The number of hydrogen-bond acceptors (Lipinski definition) is 1. The van der Waals surface area contributed by atoms with Gasteiger partial charge in [-0.3, -0.25) is 0 Å². The van der Waals surface area contributed by atoms with Crippen LogP contribution in [0.1, 0.15) is 13.7 Å². The lowest BCUT2D eigenvalue weighted by molar-refractivity contribution is 0.196. The van der Waals surface area contributed by atoms with E-state index in [0.717, 1.165) is 0 Å². The highest BCUT2D eigenvalue weighted by molar-refractivity contribution is 5.59. The fourth-order valence-corrected chi connectivity index (χ4v) is 0.802. The van der Waals surface area contributed by atoms with E-state index in [4.69, 9.17) is 13.7 Å². The zero-order valence-electron chi connectivity index (χ0n) is 16.9. The minimum Gasteiger partial charge on any atom is -0.188 e. The standard InChI is InChI=1S/C12H10NO/c14-13(11-7-3-1-4-8-11)12-9-5-2-6-10-12/h1-10H/i1D,2D,3D,4D,5D,6D,7D,8D,9D,10D,13+1. The van der Waals surface area contributed by atoms with Crippen LogP contribution in [0.15, 0.2) is 60.4 Å². The molecule has 0 fully saturated rings. The first-order valence-corrected chi connectivity index (χ1v) is 3.63. The van der Waals surface area contributed by atoms with Crippen molar-refractivity contribution < 1.29 is 18.9 Å². The average Bonchev–Trinajstić information content (AvgIpc) is 2.55. The summed E-state index contributed by atoms with van der Waals surface area (Å²) in [5.74, 6) is 0. The fourth-order valence-electron chi connectivity index (χ4n) is 0.802. The number of hydrogen-bond donors (Lipinski definition) is 0. The Hall–Kier alpha value is -1.80. The van der Waals surface area contributed by atoms with E-state index in [9.17, 15) is 5.21 Å². The average molecular weight is 195 g/mol. The van der Waals surface area contributed by atoms with Crippen LogP contribution in [0.4, 0.5) is 11.4 Å². The van der Waals surface area contributed by atoms with E-state index in [1.165, 1.54) is 0 Å². The van der Waals surface area contributed by atoms with E-state index in [0.29, 0.717) is 0 Å². The van der Waals surface area contributed by atoms with Gasteiger partial charge in [0.05, 0.1) is 25.1 Å². The van der Waals surface area contributed by atoms with E-state index in [1.54, 1.807) is 0 Å². The highest BCUT2D eigenvalue weighted by Crippen LogP contribution is 2.22. The largest absolute Gasteiger partial charge is 0.188 e. The second kappa shape index (κ2) is 3.94. The first-order valence-electron chi connectivity index (χ1n) is 8.63. The van der Waals surface area contributed by atoms with Crippen LogP contribution in [0.3, 0.4) is 0 Å². The summed E-state index contributed by atoms with van der Waals surface area (Å²) in [6.45, 7) is 0. The van der Waals surface area contributed by atoms with Crippen LogP contribution < -0.4 is 5.06 Å². The van der Waals surface area contributed by atoms with Crippen molar-refractivity contribution in [1.82, 2.24) is 0 Å². The lowest BCUT2D eigenvalue weighted by Gasteiger charge is -2.13. The van der Waals surface area contributed by atoms with Gasteiger partial charge >= 0.3 is 0 Å². The molecule has 0 atom stereocenters. The molecule has 0 heterocycles. The molecule has 2 aromatic rings. The van der Waals surface area contributed by atoms with Gasteiger partial charge in [0.25, 0.3) is 0 Å². The molecule has 14 heavy (non-hydrogen) atoms. The van der Waals surface area contributed by atoms with Gasteiger partial charge in [-0.1, -0.05) is 41.5 Å². The summed E-state index contributed by atoms with van der Waals surface area (Å²) in [5, 5.41) is 12.3. The maximum atomic E-state index is 12.5. The summed E-state index contributed by atoms with van der Waals surface area (Å²) in [4.78, 5) is 0. The van der Waals surface area contributed by atoms with E-state index < -0.39 is 71.8 Å². The fraction of sp³-hybridized carbons (Fsp3) is 0. The first-order chi connectivity index (χ1) is 11.0. The molecular weight excluding hydrogens is 175 g/mol. The van der Waals surface area contributed by atoms with E-state index in [-0.39, 0.29) is 5.06 Å². The Morgan fingerprint density at radius 1 is 0.786 bits per heavy atom. The molecule has 0 spiro atoms. The molecular formula is C12H10NO. The van der Waals surface area contributed by atoms with Crippen molar-refractivity contribution in [3.63, 3.8) is 0 Å². The van der Waals surface area contributed by atoms with Crippen molar-refractivity contribution in [2.45, 2.75) is 0 Å². The van der Waals surface area contributed by atoms with Crippen molar-refractivity contribution >= 4 is 11.4 Å². The van der Waals surface area contributed by atoms with E-state index in [2.05, 4.69) is 0 Å². The molecule has 0 N–H and O–H groups in total. The Labute approximate surface area is 97.0 Å². The van der Waals surface area contributed by atoms with Gasteiger partial charge in [0.15, 0.2) is 0 Å². The normalized spacial score (nSPS) is 19.8. The zero-order chi connectivity index (χ0) is 18.5. The molecule has 2 aromatic carbocycles. The summed E-state index contributed by atoms with van der Waals surface area (Å²) in [6.07, 6.45) is 0. The minimum atomic E-state index is -0.831. The maximum absolute atomic E-state index is 12.5. The summed E-state index contributed by atoms with van der Waals surface area (Å²) in [7, 11) is 0. The number of benzene rings is 2. The van der Waals surface area contributed by atoms with Crippen LogP contribution >= 0.6 is 0 Å². The smallest absolute Gasteiger partial charge is 0.0726 e. The zero-order valence-corrected chi connectivity index (χ0v) is 6.86. The summed E-state index contributed by atoms with van der Waals surface area (Å²) < 4.78 is 76.1. The van der Waals surface area contributed by atoms with Crippen molar-refractivity contribution in [1.29, 1.82) is 0 Å². The molecule has 2 heteroatoms. The predicted octanol–water partition coefficient (Wildman–Crippen LogP) is 3.17. The molecule has 0 bridgehead atoms. The quantitative estimate of drug-likeness (QED) is 0.533. The van der Waals surface area contributed by atoms with Gasteiger partial charge in [-0.15, -0.1) is 0 Å². The molecule has 69 valence electrons.